The largest absolute Gasteiger partial charge is 0.383 e. The molecule has 0 aliphatic heterocycles. The normalized spacial score (nSPS) is 14.4. The van der Waals surface area contributed by atoms with Crippen molar-refractivity contribution in [2.75, 3.05) is 26.8 Å². The molecular weight excluding hydrogens is 265 g/mol. The molecule has 1 N–H and O–H groups in total. The molecule has 19 heavy (non-hydrogen) atoms. The van der Waals surface area contributed by atoms with Crippen LogP contribution in [0.3, 0.4) is 0 Å². The Morgan fingerprint density at radius 2 is 2.16 bits per heavy atom. The van der Waals surface area contributed by atoms with Gasteiger partial charge in [-0.1, -0.05) is 31.5 Å². The second kappa shape index (κ2) is 7.83. The molecule has 1 aromatic carbocycles. The quantitative estimate of drug-likeness (QED) is 0.737. The number of ether oxygens (including phenoxy) is 1. The number of methoxy groups -OCH3 is 1. The van der Waals surface area contributed by atoms with Gasteiger partial charge in [0.15, 0.2) is 0 Å². The molecule has 1 atom stereocenters. The van der Waals surface area contributed by atoms with Crippen LogP contribution in [-0.4, -0.2) is 26.8 Å². The molecule has 0 aromatic heterocycles. The van der Waals surface area contributed by atoms with Crippen molar-refractivity contribution in [2.45, 2.75) is 26.7 Å². The van der Waals surface area contributed by atoms with Gasteiger partial charge >= 0.3 is 0 Å². The minimum Gasteiger partial charge on any atom is -0.383 e. The summed E-state index contributed by atoms with van der Waals surface area (Å²) in [4.78, 5) is 0. The fourth-order valence-corrected chi connectivity index (χ4v) is 2.24. The molecule has 0 radical (unpaired) electrons. The number of nitrogens with one attached hydrogen (secondary N) is 1. The highest BCUT2D eigenvalue weighted by atomic mass is 35.5. The Labute approximate surface area is 120 Å². The molecule has 0 aliphatic carbocycles. The summed E-state index contributed by atoms with van der Waals surface area (Å²) in [7, 11) is 1.69. The number of halogens is 2. The van der Waals surface area contributed by atoms with Gasteiger partial charge in [-0.25, -0.2) is 4.39 Å². The fourth-order valence-electron chi connectivity index (χ4n) is 2.00. The highest BCUT2D eigenvalue weighted by molar-refractivity contribution is 6.31. The van der Waals surface area contributed by atoms with Gasteiger partial charge < -0.3 is 10.1 Å². The minimum atomic E-state index is -0.287. The molecule has 0 saturated carbocycles. The first-order valence-corrected chi connectivity index (χ1v) is 7.02. The van der Waals surface area contributed by atoms with Crippen LogP contribution >= 0.6 is 11.6 Å². The summed E-state index contributed by atoms with van der Waals surface area (Å²) in [5.74, 6) is -0.287. The van der Waals surface area contributed by atoms with Crippen molar-refractivity contribution in [1.29, 1.82) is 0 Å². The first-order chi connectivity index (χ1) is 9.00. The molecule has 1 unspecified atom stereocenters. The lowest BCUT2D eigenvalue weighted by atomic mass is 9.81. The fraction of sp³-hybridized carbons (Fsp3) is 0.600. The topological polar surface area (TPSA) is 21.3 Å². The van der Waals surface area contributed by atoms with E-state index in [2.05, 4.69) is 19.2 Å². The molecule has 0 saturated heterocycles. The average molecular weight is 288 g/mol. The number of rotatable bonds is 8. The van der Waals surface area contributed by atoms with Gasteiger partial charge in [0.25, 0.3) is 0 Å². The van der Waals surface area contributed by atoms with E-state index in [1.165, 1.54) is 12.1 Å². The predicted molar refractivity (Wildman–Crippen MR) is 78.3 cm³/mol. The second-order valence-corrected chi connectivity index (χ2v) is 5.65. The van der Waals surface area contributed by atoms with Crippen LogP contribution in [0, 0.1) is 11.2 Å². The van der Waals surface area contributed by atoms with Crippen LogP contribution in [0.4, 0.5) is 4.39 Å². The second-order valence-electron chi connectivity index (χ2n) is 5.25. The maximum atomic E-state index is 13.0. The van der Waals surface area contributed by atoms with E-state index in [1.807, 2.05) is 0 Å². The average Bonchev–Trinajstić information content (AvgIpc) is 2.38. The van der Waals surface area contributed by atoms with Crippen molar-refractivity contribution in [1.82, 2.24) is 5.32 Å². The smallest absolute Gasteiger partial charge is 0.124 e. The van der Waals surface area contributed by atoms with Crippen LogP contribution in [0.2, 0.25) is 5.02 Å². The Balaban J connectivity index is 2.63. The van der Waals surface area contributed by atoms with Crippen LogP contribution in [0.5, 0.6) is 0 Å². The maximum absolute atomic E-state index is 13.0. The van der Waals surface area contributed by atoms with Crippen molar-refractivity contribution in [3.8, 4) is 0 Å². The van der Waals surface area contributed by atoms with Crippen molar-refractivity contribution in [3.63, 3.8) is 0 Å². The molecule has 0 bridgehead atoms. The Bertz CT molecular complexity index is 400. The third-order valence-electron chi connectivity index (χ3n) is 3.52. The summed E-state index contributed by atoms with van der Waals surface area (Å²) in [6, 6.07) is 4.63. The molecule has 0 aliphatic rings. The molecular formula is C15H23ClFNO. The van der Waals surface area contributed by atoms with Crippen LogP contribution in [-0.2, 0) is 11.2 Å². The van der Waals surface area contributed by atoms with E-state index in [1.54, 1.807) is 13.2 Å². The summed E-state index contributed by atoms with van der Waals surface area (Å²) in [5.41, 5.74) is 1.11. The van der Waals surface area contributed by atoms with Gasteiger partial charge in [-0.15, -0.1) is 0 Å². The van der Waals surface area contributed by atoms with Crippen LogP contribution in [0.15, 0.2) is 18.2 Å². The van der Waals surface area contributed by atoms with E-state index in [9.17, 15) is 4.39 Å². The summed E-state index contributed by atoms with van der Waals surface area (Å²) in [6.07, 6.45) is 1.86. The van der Waals surface area contributed by atoms with E-state index in [0.717, 1.165) is 31.5 Å². The zero-order valence-corrected chi connectivity index (χ0v) is 12.7. The standard InChI is InChI=1S/C15H23ClFNO/c1-4-15(2,11-18-7-8-19-3)10-12-5-6-13(17)9-14(12)16/h5-6,9,18H,4,7-8,10-11H2,1-3H3. The number of hydrogen-bond donors (Lipinski definition) is 1. The van der Waals surface area contributed by atoms with Crippen LogP contribution in [0.1, 0.15) is 25.8 Å². The van der Waals surface area contributed by atoms with Gasteiger partial charge in [0, 0.05) is 25.2 Å². The third kappa shape index (κ3) is 5.47. The highest BCUT2D eigenvalue weighted by Gasteiger charge is 2.23. The Morgan fingerprint density at radius 1 is 1.42 bits per heavy atom. The summed E-state index contributed by atoms with van der Waals surface area (Å²) < 4.78 is 18.1. The van der Waals surface area contributed by atoms with Crippen molar-refractivity contribution < 1.29 is 9.13 Å². The number of benzene rings is 1. The third-order valence-corrected chi connectivity index (χ3v) is 3.87. The Kier molecular flexibility index (Phi) is 6.76. The molecule has 0 amide bonds. The molecule has 0 spiro atoms. The molecule has 0 fully saturated rings. The van der Waals surface area contributed by atoms with Crippen molar-refractivity contribution in [2.24, 2.45) is 5.41 Å². The molecule has 2 nitrogen and oxygen atoms in total. The first kappa shape index (κ1) is 16.4. The summed E-state index contributed by atoms with van der Waals surface area (Å²) in [6.45, 7) is 6.81. The van der Waals surface area contributed by atoms with Gasteiger partial charge in [0.2, 0.25) is 0 Å². The van der Waals surface area contributed by atoms with E-state index < -0.39 is 0 Å². The van der Waals surface area contributed by atoms with E-state index in [4.69, 9.17) is 16.3 Å². The van der Waals surface area contributed by atoms with Crippen LogP contribution in [0.25, 0.3) is 0 Å². The zero-order chi connectivity index (χ0) is 14.3. The van der Waals surface area contributed by atoms with E-state index in [0.29, 0.717) is 11.6 Å². The van der Waals surface area contributed by atoms with E-state index >= 15 is 0 Å². The van der Waals surface area contributed by atoms with Crippen LogP contribution < -0.4 is 5.32 Å². The minimum absolute atomic E-state index is 0.106. The molecule has 1 aromatic rings. The van der Waals surface area contributed by atoms with Gasteiger partial charge in [-0.2, -0.15) is 0 Å². The lowest BCUT2D eigenvalue weighted by Gasteiger charge is -2.29. The maximum Gasteiger partial charge on any atom is 0.124 e. The molecule has 0 heterocycles. The zero-order valence-electron chi connectivity index (χ0n) is 11.9. The lowest BCUT2D eigenvalue weighted by Crippen LogP contribution is -2.35. The van der Waals surface area contributed by atoms with Gasteiger partial charge in [-0.05, 0) is 36.0 Å². The Hall–Kier alpha value is -0.640. The van der Waals surface area contributed by atoms with Gasteiger partial charge in [0.05, 0.1) is 6.61 Å². The summed E-state index contributed by atoms with van der Waals surface area (Å²) in [5, 5.41) is 3.90. The van der Waals surface area contributed by atoms with Gasteiger partial charge in [0.1, 0.15) is 5.82 Å². The predicted octanol–water partition coefficient (Wildman–Crippen LogP) is 3.67. The van der Waals surface area contributed by atoms with Crippen molar-refractivity contribution in [3.05, 3.63) is 34.6 Å². The Morgan fingerprint density at radius 3 is 2.74 bits per heavy atom. The highest BCUT2D eigenvalue weighted by Crippen LogP contribution is 2.29. The molecule has 1 rings (SSSR count). The monoisotopic (exact) mass is 287 g/mol. The van der Waals surface area contributed by atoms with Gasteiger partial charge in [-0.3, -0.25) is 0 Å². The first-order valence-electron chi connectivity index (χ1n) is 6.64. The molecule has 108 valence electrons. The SMILES string of the molecule is CCC(C)(CNCCOC)Cc1ccc(F)cc1Cl. The molecule has 4 heteroatoms. The van der Waals surface area contributed by atoms with Crippen molar-refractivity contribution >= 4 is 11.6 Å². The summed E-state index contributed by atoms with van der Waals surface area (Å²) >= 11 is 6.10. The number of hydrogen-bond acceptors (Lipinski definition) is 2. The lowest BCUT2D eigenvalue weighted by molar-refractivity contribution is 0.191. The van der Waals surface area contributed by atoms with E-state index in [-0.39, 0.29) is 11.2 Å².